The zero-order chi connectivity index (χ0) is 7.98. The molecule has 0 heterocycles. The average Bonchev–Trinajstić information content (AvgIpc) is 1.99. The summed E-state index contributed by atoms with van der Waals surface area (Å²) >= 11 is 0. The molecule has 0 aliphatic heterocycles. The maximum absolute atomic E-state index is 2.45. The number of rotatable bonds is 5. The van der Waals surface area contributed by atoms with E-state index in [1.807, 2.05) is 0 Å². The Balaban J connectivity index is 0. The molecule has 0 spiro atoms. The predicted octanol–water partition coefficient (Wildman–Crippen LogP) is 1.84. The van der Waals surface area contributed by atoms with E-state index in [-0.39, 0.29) is 6.15 Å². The zero-order valence-electron chi connectivity index (χ0n) is 8.69. The van der Waals surface area contributed by atoms with Gasteiger partial charge in [0.2, 0.25) is 0 Å². The molecule has 2 unspecified atom stereocenters. The van der Waals surface area contributed by atoms with Gasteiger partial charge >= 0.3 is 0 Å². The van der Waals surface area contributed by atoms with Gasteiger partial charge in [-0.3, -0.25) is 0 Å². The highest BCUT2D eigenvalue weighted by Gasteiger charge is 2.03. The molecule has 0 aliphatic rings. The van der Waals surface area contributed by atoms with Crippen molar-refractivity contribution in [3.63, 3.8) is 0 Å². The third-order valence-electron chi connectivity index (χ3n) is 2.55. The molecular weight excluding hydrogens is 166 g/mol. The molecule has 0 radical (unpaired) electrons. The highest BCUT2D eigenvalue weighted by Crippen LogP contribution is 2.10. The molecule has 0 fully saturated rings. The molecule has 1 nitrogen and oxygen atoms in total. The fourth-order valence-corrected chi connectivity index (χ4v) is 8.80. The second-order valence-electron chi connectivity index (χ2n) is 3.60. The van der Waals surface area contributed by atoms with Gasteiger partial charge in [0, 0.05) is 18.1 Å². The molecule has 0 rings (SSSR count). The van der Waals surface area contributed by atoms with Gasteiger partial charge in [0.15, 0.2) is 0 Å². The maximum atomic E-state index is 2.45. The van der Waals surface area contributed by atoms with E-state index < -0.39 is 0 Å². The van der Waals surface area contributed by atoms with Gasteiger partial charge in [-0.1, -0.05) is 51.6 Å². The van der Waals surface area contributed by atoms with Crippen LogP contribution in [-0.2, 0) is 0 Å². The zero-order valence-corrected chi connectivity index (χ0v) is 11.5. The van der Waals surface area contributed by atoms with E-state index in [0.717, 1.165) is 11.1 Å². The van der Waals surface area contributed by atoms with Gasteiger partial charge in [-0.25, -0.2) is 0 Å². The molecule has 2 atom stereocenters. The summed E-state index contributed by atoms with van der Waals surface area (Å²) in [4.78, 5) is 0. The van der Waals surface area contributed by atoms with Crippen molar-refractivity contribution in [3.05, 3.63) is 0 Å². The standard InChI is InChI=1S/C8H22Si2.H3N/c1-5-7(3)9-10-8(4)6-2;/h7-8H,5-6,9-10H2,1-4H3;1H3. The first-order valence-corrected chi connectivity index (χ1v) is 10.3. The Kier molecular flexibility index (Phi) is 10.8. The van der Waals surface area contributed by atoms with Crippen LogP contribution in [0.5, 0.6) is 0 Å². The van der Waals surface area contributed by atoms with Gasteiger partial charge in [-0.15, -0.1) is 0 Å². The van der Waals surface area contributed by atoms with E-state index in [0.29, 0.717) is 18.1 Å². The third-order valence-corrected chi connectivity index (χ3v) is 12.9. The second-order valence-corrected chi connectivity index (χ2v) is 11.0. The topological polar surface area (TPSA) is 35.0 Å². The smallest absolute Gasteiger partial charge is 0.0117 e. The Morgan fingerprint density at radius 2 is 1.18 bits per heavy atom. The van der Waals surface area contributed by atoms with Gasteiger partial charge in [0.1, 0.15) is 0 Å². The summed E-state index contributed by atoms with van der Waals surface area (Å²) in [6.07, 6.45) is 2.88. The van der Waals surface area contributed by atoms with Crippen molar-refractivity contribution in [2.75, 3.05) is 0 Å². The monoisotopic (exact) mass is 191 g/mol. The van der Waals surface area contributed by atoms with Crippen LogP contribution in [0, 0.1) is 0 Å². The Labute approximate surface area is 76.4 Å². The van der Waals surface area contributed by atoms with E-state index in [4.69, 9.17) is 0 Å². The SMILES string of the molecule is CCC(C)[SiH2][SiH2]C(C)CC.N. The fourth-order valence-electron chi connectivity index (χ4n) is 0.977. The molecule has 0 aromatic heterocycles. The molecular formula is C8H25NSi2. The van der Waals surface area contributed by atoms with Crippen molar-refractivity contribution in [2.45, 2.75) is 51.6 Å². The van der Waals surface area contributed by atoms with Crippen molar-refractivity contribution >= 4 is 18.1 Å². The Morgan fingerprint density at radius 1 is 0.909 bits per heavy atom. The van der Waals surface area contributed by atoms with E-state index in [2.05, 4.69) is 27.7 Å². The lowest BCUT2D eigenvalue weighted by molar-refractivity contribution is 0.861. The minimum absolute atomic E-state index is 0. The van der Waals surface area contributed by atoms with Crippen molar-refractivity contribution in [2.24, 2.45) is 0 Å². The summed E-state index contributed by atoms with van der Waals surface area (Å²) in [6.45, 7) is 9.56. The van der Waals surface area contributed by atoms with Crippen molar-refractivity contribution in [1.82, 2.24) is 6.15 Å². The number of hydrogen-bond donors (Lipinski definition) is 1. The van der Waals surface area contributed by atoms with Gasteiger partial charge in [0.25, 0.3) is 0 Å². The van der Waals surface area contributed by atoms with Crippen LogP contribution >= 0.6 is 0 Å². The van der Waals surface area contributed by atoms with E-state index >= 15 is 0 Å². The first-order valence-electron chi connectivity index (χ1n) is 4.70. The van der Waals surface area contributed by atoms with Crippen molar-refractivity contribution in [1.29, 1.82) is 0 Å². The summed E-state index contributed by atoms with van der Waals surface area (Å²) in [5.74, 6) is 0. The van der Waals surface area contributed by atoms with Gasteiger partial charge in [-0.2, -0.15) is 0 Å². The van der Waals surface area contributed by atoms with Crippen LogP contribution in [0.3, 0.4) is 0 Å². The van der Waals surface area contributed by atoms with E-state index in [9.17, 15) is 0 Å². The molecule has 3 N–H and O–H groups in total. The molecule has 70 valence electrons. The lowest BCUT2D eigenvalue weighted by atomic mass is 10.4. The summed E-state index contributed by atoms with van der Waals surface area (Å²) in [5.41, 5.74) is 2.28. The lowest BCUT2D eigenvalue weighted by Gasteiger charge is -2.10. The van der Waals surface area contributed by atoms with Gasteiger partial charge in [0.05, 0.1) is 0 Å². The Morgan fingerprint density at radius 3 is 1.36 bits per heavy atom. The minimum Gasteiger partial charge on any atom is -0.344 e. The minimum atomic E-state index is 0. The van der Waals surface area contributed by atoms with Crippen LogP contribution in [0.15, 0.2) is 0 Å². The van der Waals surface area contributed by atoms with E-state index in [1.165, 1.54) is 12.8 Å². The van der Waals surface area contributed by atoms with Crippen molar-refractivity contribution < 1.29 is 0 Å². The fraction of sp³-hybridized carbons (Fsp3) is 1.00. The maximum Gasteiger partial charge on any atom is 0.0117 e. The highest BCUT2D eigenvalue weighted by atomic mass is 29.1. The Hall–Kier alpha value is 0.394. The first kappa shape index (κ1) is 13.9. The molecule has 3 heteroatoms. The third kappa shape index (κ3) is 8.30. The summed E-state index contributed by atoms with van der Waals surface area (Å²) < 4.78 is 0. The van der Waals surface area contributed by atoms with Crippen LogP contribution in [-0.4, -0.2) is 18.1 Å². The molecule has 0 saturated carbocycles. The van der Waals surface area contributed by atoms with Gasteiger partial charge in [-0.05, 0) is 0 Å². The summed E-state index contributed by atoms with van der Waals surface area (Å²) in [6, 6.07) is 0. The highest BCUT2D eigenvalue weighted by molar-refractivity contribution is 7.01. The predicted molar refractivity (Wildman–Crippen MR) is 61.5 cm³/mol. The van der Waals surface area contributed by atoms with Crippen LogP contribution in [0.25, 0.3) is 0 Å². The number of hydrogen-bond acceptors (Lipinski definition) is 1. The van der Waals surface area contributed by atoms with E-state index in [1.54, 1.807) is 0 Å². The summed E-state index contributed by atoms with van der Waals surface area (Å²) in [7, 11) is 0.832. The average molecular weight is 191 g/mol. The molecule has 0 bridgehead atoms. The van der Waals surface area contributed by atoms with Crippen LogP contribution in [0.2, 0.25) is 11.1 Å². The van der Waals surface area contributed by atoms with Crippen LogP contribution < -0.4 is 6.15 Å². The molecule has 0 aromatic rings. The second kappa shape index (κ2) is 8.49. The molecule has 0 amide bonds. The molecule has 0 saturated heterocycles. The quantitative estimate of drug-likeness (QED) is 0.661. The van der Waals surface area contributed by atoms with Crippen molar-refractivity contribution in [3.8, 4) is 0 Å². The first-order chi connectivity index (χ1) is 4.70. The summed E-state index contributed by atoms with van der Waals surface area (Å²) in [5, 5.41) is 0. The largest absolute Gasteiger partial charge is 0.344 e. The molecule has 0 aromatic carbocycles. The van der Waals surface area contributed by atoms with Gasteiger partial charge < -0.3 is 6.15 Å². The molecule has 11 heavy (non-hydrogen) atoms. The van der Waals surface area contributed by atoms with Crippen LogP contribution in [0.4, 0.5) is 0 Å². The molecule has 0 aliphatic carbocycles. The Bertz CT molecular complexity index is 68.5. The normalized spacial score (nSPS) is 17.5. The lowest BCUT2D eigenvalue weighted by Crippen LogP contribution is -2.12. The van der Waals surface area contributed by atoms with Crippen LogP contribution in [0.1, 0.15) is 40.5 Å².